The van der Waals surface area contributed by atoms with E-state index in [4.69, 9.17) is 0 Å². The van der Waals surface area contributed by atoms with Crippen LogP contribution in [0, 0.1) is 0 Å². The van der Waals surface area contributed by atoms with Gasteiger partial charge in [-0.1, -0.05) is 43.5 Å². The largest absolute Gasteiger partial charge is 0.356 e. The number of rotatable bonds is 4. The lowest BCUT2D eigenvalue weighted by molar-refractivity contribution is -0.120. The zero-order valence-electron chi connectivity index (χ0n) is 15.7. The van der Waals surface area contributed by atoms with Crippen molar-refractivity contribution in [2.45, 2.75) is 58.0 Å². The highest BCUT2D eigenvalue weighted by Crippen LogP contribution is 2.19. The summed E-state index contributed by atoms with van der Waals surface area (Å²) in [6.45, 7) is 4.87. The molecule has 0 spiro atoms. The molecule has 1 amide bonds. The number of hydrogen-bond acceptors (Lipinski definition) is 2. The van der Waals surface area contributed by atoms with Gasteiger partial charge >= 0.3 is 0 Å². The van der Waals surface area contributed by atoms with Crippen molar-refractivity contribution in [2.75, 3.05) is 19.6 Å². The van der Waals surface area contributed by atoms with Gasteiger partial charge in [-0.15, -0.1) is 24.0 Å². The normalized spacial score (nSPS) is 17.9. The van der Waals surface area contributed by atoms with E-state index in [1.807, 2.05) is 0 Å². The summed E-state index contributed by atoms with van der Waals surface area (Å²) in [5.74, 6) is 0.885. The lowest BCUT2D eigenvalue weighted by Crippen LogP contribution is -2.45. The van der Waals surface area contributed by atoms with Crippen molar-refractivity contribution in [3.05, 3.63) is 35.4 Å². The van der Waals surface area contributed by atoms with Gasteiger partial charge in [-0.2, -0.15) is 0 Å². The van der Waals surface area contributed by atoms with Gasteiger partial charge in [0.05, 0.1) is 0 Å². The summed E-state index contributed by atoms with van der Waals surface area (Å²) < 4.78 is 0. The van der Waals surface area contributed by atoms with E-state index in [-0.39, 0.29) is 36.4 Å². The minimum atomic E-state index is 0. The number of aliphatic imine (C=N–C) groups is 1. The summed E-state index contributed by atoms with van der Waals surface area (Å²) in [6.07, 6.45) is 6.99. The van der Waals surface area contributed by atoms with Gasteiger partial charge in [-0.25, -0.2) is 4.99 Å². The molecule has 2 N–H and O–H groups in total. The number of halogens is 1. The molecule has 1 aromatic carbocycles. The number of fused-ring (bicyclic) bond motifs is 1. The minimum Gasteiger partial charge on any atom is -0.356 e. The molecule has 1 saturated carbocycles. The van der Waals surface area contributed by atoms with Crippen molar-refractivity contribution in [1.29, 1.82) is 0 Å². The van der Waals surface area contributed by atoms with E-state index in [1.165, 1.54) is 30.4 Å². The number of carbonyl (C=O) groups excluding carboxylic acids is 1. The summed E-state index contributed by atoms with van der Waals surface area (Å²) in [5.41, 5.74) is 2.77. The summed E-state index contributed by atoms with van der Waals surface area (Å²) in [7, 11) is 0. The molecule has 1 aromatic rings. The topological polar surface area (TPSA) is 56.7 Å². The first kappa shape index (κ1) is 21.0. The van der Waals surface area contributed by atoms with Crippen molar-refractivity contribution >= 4 is 35.8 Å². The Morgan fingerprint density at radius 3 is 2.65 bits per heavy atom. The monoisotopic (exact) mass is 470 g/mol. The van der Waals surface area contributed by atoms with Crippen molar-refractivity contribution in [1.82, 2.24) is 15.5 Å². The van der Waals surface area contributed by atoms with E-state index >= 15 is 0 Å². The molecule has 0 saturated heterocycles. The lowest BCUT2D eigenvalue weighted by Gasteiger charge is -2.31. The molecule has 2 aliphatic rings. The van der Waals surface area contributed by atoms with Crippen molar-refractivity contribution in [3.63, 3.8) is 0 Å². The Morgan fingerprint density at radius 2 is 1.92 bits per heavy atom. The van der Waals surface area contributed by atoms with Crippen LogP contribution in [0.2, 0.25) is 0 Å². The highest BCUT2D eigenvalue weighted by atomic mass is 127. The molecule has 3 rings (SSSR count). The van der Waals surface area contributed by atoms with Gasteiger partial charge in [0.2, 0.25) is 5.91 Å². The Morgan fingerprint density at radius 1 is 1.19 bits per heavy atom. The predicted octanol–water partition coefficient (Wildman–Crippen LogP) is 3.08. The van der Waals surface area contributed by atoms with Gasteiger partial charge in [0.25, 0.3) is 0 Å². The second kappa shape index (κ2) is 10.7. The fourth-order valence-corrected chi connectivity index (χ4v) is 3.77. The van der Waals surface area contributed by atoms with Gasteiger partial charge in [0.1, 0.15) is 6.54 Å². The van der Waals surface area contributed by atoms with Gasteiger partial charge < -0.3 is 15.5 Å². The van der Waals surface area contributed by atoms with Crippen LogP contribution in [0.3, 0.4) is 0 Å². The summed E-state index contributed by atoms with van der Waals surface area (Å²) in [6, 6.07) is 8.92. The van der Waals surface area contributed by atoms with Crippen LogP contribution in [0.5, 0.6) is 0 Å². The number of nitrogens with zero attached hydrogens (tertiary/aromatic N) is 2. The van der Waals surface area contributed by atoms with E-state index in [0.29, 0.717) is 6.04 Å². The first-order valence-electron chi connectivity index (χ1n) is 9.65. The molecule has 0 unspecified atom stereocenters. The molecule has 5 nitrogen and oxygen atoms in total. The Labute approximate surface area is 174 Å². The van der Waals surface area contributed by atoms with E-state index in [9.17, 15) is 4.79 Å². The van der Waals surface area contributed by atoms with Crippen LogP contribution >= 0.6 is 24.0 Å². The third-order valence-electron chi connectivity index (χ3n) is 5.11. The Balaban J connectivity index is 0.00000243. The quantitative estimate of drug-likeness (QED) is 0.404. The fraction of sp³-hybridized carbons (Fsp3) is 0.600. The Hall–Kier alpha value is -1.31. The summed E-state index contributed by atoms with van der Waals surface area (Å²) >= 11 is 0. The Kier molecular flexibility index (Phi) is 8.68. The predicted molar refractivity (Wildman–Crippen MR) is 117 cm³/mol. The van der Waals surface area contributed by atoms with E-state index in [1.54, 1.807) is 0 Å². The molecule has 6 heteroatoms. The molecule has 0 aromatic heterocycles. The van der Waals surface area contributed by atoms with Crippen LogP contribution in [0.15, 0.2) is 29.3 Å². The molecular formula is C20H31IN4O. The van der Waals surface area contributed by atoms with E-state index in [2.05, 4.69) is 51.7 Å². The molecule has 0 bridgehead atoms. The Bertz CT molecular complexity index is 614. The van der Waals surface area contributed by atoms with Crippen LogP contribution in [0.25, 0.3) is 0 Å². The summed E-state index contributed by atoms with van der Waals surface area (Å²) in [5, 5.41) is 6.48. The highest BCUT2D eigenvalue weighted by Gasteiger charge is 2.19. The van der Waals surface area contributed by atoms with Crippen LogP contribution in [0.1, 0.15) is 50.2 Å². The first-order chi connectivity index (χ1) is 12.3. The zero-order valence-corrected chi connectivity index (χ0v) is 18.0. The lowest BCUT2D eigenvalue weighted by atomic mass is 9.95. The van der Waals surface area contributed by atoms with E-state index < -0.39 is 0 Å². The standard InChI is InChI=1S/C20H30N4O.HI/c1-2-21-20(22-14-19(25)23-18-10-4-3-5-11-18)24-13-12-16-8-6-7-9-17(16)15-24;/h6-9,18H,2-5,10-15H2,1H3,(H,21,22)(H,23,25);1H. The first-order valence-corrected chi connectivity index (χ1v) is 9.65. The minimum absolute atomic E-state index is 0. The van der Waals surface area contributed by atoms with Gasteiger partial charge in [-0.05, 0) is 37.3 Å². The second-order valence-corrected chi connectivity index (χ2v) is 7.01. The van der Waals surface area contributed by atoms with Crippen LogP contribution in [-0.4, -0.2) is 42.4 Å². The van der Waals surface area contributed by atoms with E-state index in [0.717, 1.165) is 44.9 Å². The van der Waals surface area contributed by atoms with Gasteiger partial charge in [0, 0.05) is 25.7 Å². The number of amides is 1. The third kappa shape index (κ3) is 5.86. The number of guanidine groups is 1. The maximum absolute atomic E-state index is 12.2. The van der Waals surface area contributed by atoms with Crippen molar-refractivity contribution in [2.24, 2.45) is 4.99 Å². The second-order valence-electron chi connectivity index (χ2n) is 7.01. The fourth-order valence-electron chi connectivity index (χ4n) is 3.77. The molecule has 0 radical (unpaired) electrons. The molecule has 1 heterocycles. The maximum Gasteiger partial charge on any atom is 0.242 e. The SMILES string of the molecule is CCNC(=NCC(=O)NC1CCCCC1)N1CCc2ccccc2C1.I. The molecule has 26 heavy (non-hydrogen) atoms. The number of benzene rings is 1. The smallest absolute Gasteiger partial charge is 0.242 e. The van der Waals surface area contributed by atoms with Crippen LogP contribution in [0.4, 0.5) is 0 Å². The number of carbonyl (C=O) groups is 1. The molecule has 0 atom stereocenters. The number of hydrogen-bond donors (Lipinski definition) is 2. The molecule has 1 aliphatic carbocycles. The highest BCUT2D eigenvalue weighted by molar-refractivity contribution is 14.0. The number of nitrogens with one attached hydrogen (secondary N) is 2. The van der Waals surface area contributed by atoms with Gasteiger partial charge in [0.15, 0.2) is 5.96 Å². The average molecular weight is 470 g/mol. The summed E-state index contributed by atoms with van der Waals surface area (Å²) in [4.78, 5) is 19.1. The zero-order chi connectivity index (χ0) is 17.5. The van der Waals surface area contributed by atoms with Crippen molar-refractivity contribution < 1.29 is 4.79 Å². The molecule has 1 fully saturated rings. The average Bonchev–Trinajstić information content (AvgIpc) is 2.65. The molecule has 144 valence electrons. The van der Waals surface area contributed by atoms with Crippen LogP contribution < -0.4 is 10.6 Å². The molecule has 1 aliphatic heterocycles. The van der Waals surface area contributed by atoms with Crippen LogP contribution in [-0.2, 0) is 17.8 Å². The van der Waals surface area contributed by atoms with Crippen molar-refractivity contribution in [3.8, 4) is 0 Å². The van der Waals surface area contributed by atoms with Gasteiger partial charge in [-0.3, -0.25) is 4.79 Å². The maximum atomic E-state index is 12.2. The third-order valence-corrected chi connectivity index (χ3v) is 5.11. The molecular weight excluding hydrogens is 439 g/mol.